The highest BCUT2D eigenvalue weighted by atomic mass is 16.3. The van der Waals surface area contributed by atoms with Crippen LogP contribution in [0.2, 0.25) is 0 Å². The molecule has 2 aromatic rings. The lowest BCUT2D eigenvalue weighted by molar-refractivity contribution is 0.0625. The lowest BCUT2D eigenvalue weighted by Crippen LogP contribution is -2.36. The minimum Gasteiger partial charge on any atom is -0.390 e. The summed E-state index contributed by atoms with van der Waals surface area (Å²) >= 11 is 0. The number of hydrogen-bond donors (Lipinski definition) is 2. The van der Waals surface area contributed by atoms with Crippen LogP contribution in [0, 0.1) is 5.41 Å². The molecule has 0 amide bonds. The van der Waals surface area contributed by atoms with Crippen LogP contribution >= 0.6 is 0 Å². The Balaban J connectivity index is 1.85. The molecular weight excluding hydrogens is 238 g/mol. The Labute approximate surface area is 111 Å². The number of imidazole rings is 1. The average Bonchev–Trinajstić information content (AvgIpc) is 3.00. The largest absolute Gasteiger partial charge is 0.390 e. The number of nitrogens with two attached hydrogens (primary N) is 1. The van der Waals surface area contributed by atoms with Gasteiger partial charge in [-0.3, -0.25) is 0 Å². The fourth-order valence-electron chi connectivity index (χ4n) is 3.31. The third-order valence-electron chi connectivity index (χ3n) is 4.75. The number of rotatable bonds is 3. The van der Waals surface area contributed by atoms with E-state index in [2.05, 4.69) is 21.7 Å². The highest BCUT2D eigenvalue weighted by molar-refractivity contribution is 5.69. The van der Waals surface area contributed by atoms with Crippen LogP contribution in [0.1, 0.15) is 24.4 Å². The van der Waals surface area contributed by atoms with E-state index >= 15 is 0 Å². The Bertz CT molecular complexity index is 630. The number of aromatic nitrogens is 2. The average molecular weight is 255 g/mol. The van der Waals surface area contributed by atoms with Crippen LogP contribution in [0.3, 0.4) is 0 Å². The molecule has 1 aliphatic heterocycles. The van der Waals surface area contributed by atoms with Crippen LogP contribution in [-0.4, -0.2) is 27.3 Å². The summed E-state index contributed by atoms with van der Waals surface area (Å²) in [5.74, 6) is 0. The van der Waals surface area contributed by atoms with Gasteiger partial charge in [0.1, 0.15) is 0 Å². The Morgan fingerprint density at radius 3 is 2.95 bits per heavy atom. The van der Waals surface area contributed by atoms with E-state index in [1.165, 1.54) is 11.1 Å². The van der Waals surface area contributed by atoms with Crippen molar-refractivity contribution in [2.75, 3.05) is 6.54 Å². The van der Waals surface area contributed by atoms with Gasteiger partial charge in [0.15, 0.2) is 0 Å². The van der Waals surface area contributed by atoms with Crippen LogP contribution in [0.25, 0.3) is 11.3 Å². The molecule has 1 aromatic carbocycles. The van der Waals surface area contributed by atoms with Crippen LogP contribution in [0.4, 0.5) is 0 Å². The van der Waals surface area contributed by atoms with E-state index in [1.54, 1.807) is 0 Å². The summed E-state index contributed by atoms with van der Waals surface area (Å²) in [7, 11) is 0. The first-order chi connectivity index (χ1) is 9.27. The van der Waals surface area contributed by atoms with Crippen LogP contribution < -0.4 is 5.73 Å². The third kappa shape index (κ3) is 1.38. The predicted octanol–water partition coefficient (Wildman–Crippen LogP) is 1.55. The normalized spacial score (nSPS) is 23.8. The van der Waals surface area contributed by atoms with Gasteiger partial charge in [0.05, 0.1) is 30.4 Å². The molecular formula is C15H17N3O. The van der Waals surface area contributed by atoms with Crippen molar-refractivity contribution >= 4 is 0 Å². The molecule has 1 fully saturated rings. The fourth-order valence-corrected chi connectivity index (χ4v) is 3.31. The van der Waals surface area contributed by atoms with E-state index in [0.29, 0.717) is 6.54 Å². The molecule has 0 spiro atoms. The summed E-state index contributed by atoms with van der Waals surface area (Å²) in [6.45, 7) is 0.552. The van der Waals surface area contributed by atoms with Gasteiger partial charge in [-0.15, -0.1) is 0 Å². The zero-order valence-electron chi connectivity index (χ0n) is 10.7. The second-order valence-corrected chi connectivity index (χ2v) is 5.73. The summed E-state index contributed by atoms with van der Waals surface area (Å²) in [6, 6.07) is 8.21. The zero-order chi connectivity index (χ0) is 13.0. The molecule has 0 bridgehead atoms. The first-order valence-corrected chi connectivity index (χ1v) is 6.76. The molecule has 2 heterocycles. The van der Waals surface area contributed by atoms with Gasteiger partial charge < -0.3 is 15.4 Å². The van der Waals surface area contributed by atoms with Crippen molar-refractivity contribution in [3.8, 4) is 11.3 Å². The zero-order valence-corrected chi connectivity index (χ0v) is 10.7. The monoisotopic (exact) mass is 255 g/mol. The van der Waals surface area contributed by atoms with E-state index in [1.807, 2.05) is 24.7 Å². The second kappa shape index (κ2) is 3.68. The number of benzene rings is 1. The van der Waals surface area contributed by atoms with Gasteiger partial charge in [-0.2, -0.15) is 0 Å². The predicted molar refractivity (Wildman–Crippen MR) is 72.5 cm³/mol. The molecule has 2 atom stereocenters. The van der Waals surface area contributed by atoms with Gasteiger partial charge in [0.2, 0.25) is 0 Å². The first-order valence-electron chi connectivity index (χ1n) is 6.76. The number of aliphatic hydroxyl groups is 1. The van der Waals surface area contributed by atoms with Crippen molar-refractivity contribution in [2.24, 2.45) is 11.1 Å². The summed E-state index contributed by atoms with van der Waals surface area (Å²) in [4.78, 5) is 4.22. The summed E-state index contributed by atoms with van der Waals surface area (Å²) < 4.78 is 2.09. The van der Waals surface area contributed by atoms with Crippen molar-refractivity contribution in [1.29, 1.82) is 0 Å². The number of fused-ring (bicyclic) bond motifs is 3. The maximum absolute atomic E-state index is 10.8. The fraction of sp³-hybridized carbons (Fsp3) is 0.400. The highest BCUT2D eigenvalue weighted by Crippen LogP contribution is 2.54. The molecule has 1 aliphatic carbocycles. The third-order valence-corrected chi connectivity index (χ3v) is 4.75. The number of aliphatic hydroxyl groups excluding tert-OH is 1. The summed E-state index contributed by atoms with van der Waals surface area (Å²) in [6.07, 6.45) is 5.29. The van der Waals surface area contributed by atoms with E-state index < -0.39 is 6.10 Å². The maximum Gasteiger partial charge on any atom is 0.0957 e. The summed E-state index contributed by atoms with van der Waals surface area (Å²) in [5, 5.41) is 10.8. The quantitative estimate of drug-likeness (QED) is 0.874. The Morgan fingerprint density at radius 1 is 1.42 bits per heavy atom. The highest BCUT2D eigenvalue weighted by Gasteiger charge is 2.52. The molecule has 3 N–H and O–H groups in total. The van der Waals surface area contributed by atoms with Crippen LogP contribution in [0.15, 0.2) is 36.8 Å². The smallest absolute Gasteiger partial charge is 0.0957 e. The maximum atomic E-state index is 10.8. The van der Waals surface area contributed by atoms with Crippen molar-refractivity contribution < 1.29 is 5.11 Å². The number of nitrogens with zero attached hydrogens (tertiary/aromatic N) is 2. The molecule has 19 heavy (non-hydrogen) atoms. The molecule has 1 aromatic heterocycles. The van der Waals surface area contributed by atoms with Crippen molar-refractivity contribution in [3.05, 3.63) is 42.4 Å². The van der Waals surface area contributed by atoms with Gasteiger partial charge >= 0.3 is 0 Å². The SMILES string of the molecule is NCC1(C(O)C2c3ccccc3-c3cncn32)CC1. The van der Waals surface area contributed by atoms with Gasteiger partial charge in [-0.05, 0) is 18.4 Å². The van der Waals surface area contributed by atoms with E-state index in [9.17, 15) is 5.11 Å². The topological polar surface area (TPSA) is 64.1 Å². The Kier molecular flexibility index (Phi) is 2.17. The van der Waals surface area contributed by atoms with Gasteiger partial charge in [0.25, 0.3) is 0 Å². The molecule has 4 heteroatoms. The van der Waals surface area contributed by atoms with E-state index in [-0.39, 0.29) is 11.5 Å². The molecule has 4 nitrogen and oxygen atoms in total. The minimum absolute atomic E-state index is 0.0419. The van der Waals surface area contributed by atoms with Gasteiger partial charge in [-0.1, -0.05) is 24.3 Å². The minimum atomic E-state index is -0.436. The molecule has 2 aliphatic rings. The van der Waals surface area contributed by atoms with Gasteiger partial charge in [-0.25, -0.2) is 4.98 Å². The lowest BCUT2D eigenvalue weighted by atomic mass is 9.88. The van der Waals surface area contributed by atoms with Crippen LogP contribution in [-0.2, 0) is 0 Å². The Morgan fingerprint density at radius 2 is 2.21 bits per heavy atom. The lowest BCUT2D eigenvalue weighted by Gasteiger charge is -2.28. The van der Waals surface area contributed by atoms with Gasteiger partial charge in [0, 0.05) is 17.5 Å². The molecule has 1 saturated carbocycles. The van der Waals surface area contributed by atoms with Crippen molar-refractivity contribution in [3.63, 3.8) is 0 Å². The van der Waals surface area contributed by atoms with Crippen molar-refractivity contribution in [2.45, 2.75) is 25.0 Å². The second-order valence-electron chi connectivity index (χ2n) is 5.73. The standard InChI is InChI=1S/C15H17N3O/c16-8-15(5-6-15)14(19)13-11-4-2-1-3-10(11)12-7-17-9-18(12)13/h1-4,7,9,13-14,19H,5-6,8,16H2. The van der Waals surface area contributed by atoms with Crippen molar-refractivity contribution in [1.82, 2.24) is 9.55 Å². The summed E-state index contributed by atoms with van der Waals surface area (Å²) in [5.41, 5.74) is 9.23. The molecule has 0 radical (unpaired) electrons. The molecule has 98 valence electrons. The molecule has 2 unspecified atom stereocenters. The number of hydrogen-bond acceptors (Lipinski definition) is 3. The van der Waals surface area contributed by atoms with E-state index in [0.717, 1.165) is 18.5 Å². The molecule has 0 saturated heterocycles. The first kappa shape index (κ1) is 11.2. The Hall–Kier alpha value is -1.65. The van der Waals surface area contributed by atoms with E-state index in [4.69, 9.17) is 5.73 Å². The molecule has 4 rings (SSSR count). The van der Waals surface area contributed by atoms with Crippen LogP contribution in [0.5, 0.6) is 0 Å².